The van der Waals surface area contributed by atoms with Gasteiger partial charge < -0.3 is 10.2 Å². The first-order valence-corrected chi connectivity index (χ1v) is 11.9. The van der Waals surface area contributed by atoms with Gasteiger partial charge in [0.1, 0.15) is 17.7 Å². The van der Waals surface area contributed by atoms with Crippen LogP contribution in [0.1, 0.15) is 40.1 Å². The summed E-state index contributed by atoms with van der Waals surface area (Å²) in [5.74, 6) is 0.868. The lowest BCUT2D eigenvalue weighted by atomic mass is 10.1. The second-order valence-electron chi connectivity index (χ2n) is 8.33. The number of anilines is 1. The Morgan fingerprint density at radius 2 is 2.03 bits per heavy atom. The number of fused-ring (bicyclic) bond motifs is 1. The summed E-state index contributed by atoms with van der Waals surface area (Å²) in [7, 11) is 0. The standard InChI is InChI=1S/C24H26N6O2S/c1-14-5-6-19(9-15(14)2)28-24(32)21-12-33-13-29(21)22(31)8-7-20-16(3)27-23-18(10-25)11-26-30(23)17(20)4/h5-6,9,11,21H,7-8,12-13H2,1-4H3,(H,28,32). The Bertz CT molecular complexity index is 1290. The van der Waals surface area contributed by atoms with E-state index in [-0.39, 0.29) is 18.2 Å². The summed E-state index contributed by atoms with van der Waals surface area (Å²) in [6.07, 6.45) is 2.27. The minimum atomic E-state index is -0.490. The lowest BCUT2D eigenvalue weighted by Crippen LogP contribution is -2.44. The van der Waals surface area contributed by atoms with E-state index < -0.39 is 6.04 Å². The maximum Gasteiger partial charge on any atom is 0.248 e. The van der Waals surface area contributed by atoms with E-state index in [1.54, 1.807) is 21.2 Å². The van der Waals surface area contributed by atoms with Crippen LogP contribution >= 0.6 is 11.8 Å². The summed E-state index contributed by atoms with van der Waals surface area (Å²) < 4.78 is 1.65. The fourth-order valence-electron chi connectivity index (χ4n) is 4.08. The molecule has 0 saturated carbocycles. The highest BCUT2D eigenvalue weighted by atomic mass is 32.2. The van der Waals surface area contributed by atoms with Crippen molar-refractivity contribution < 1.29 is 9.59 Å². The summed E-state index contributed by atoms with van der Waals surface area (Å²) in [5, 5.41) is 16.5. The van der Waals surface area contributed by atoms with Crippen molar-refractivity contribution in [3.63, 3.8) is 0 Å². The fourth-order valence-corrected chi connectivity index (χ4v) is 5.26. The first-order valence-electron chi connectivity index (χ1n) is 10.8. The normalized spacial score (nSPS) is 15.6. The molecule has 33 heavy (non-hydrogen) atoms. The van der Waals surface area contributed by atoms with Gasteiger partial charge in [-0.2, -0.15) is 10.4 Å². The molecule has 1 N–H and O–H groups in total. The summed E-state index contributed by atoms with van der Waals surface area (Å²) >= 11 is 1.59. The van der Waals surface area contributed by atoms with E-state index in [4.69, 9.17) is 0 Å². The summed E-state index contributed by atoms with van der Waals surface area (Å²) in [6.45, 7) is 7.83. The van der Waals surface area contributed by atoms with Crippen molar-refractivity contribution in [3.8, 4) is 6.07 Å². The Balaban J connectivity index is 1.45. The molecule has 8 nitrogen and oxygen atoms in total. The SMILES string of the molecule is Cc1ccc(NC(=O)C2CSCN2C(=O)CCc2c(C)nc3c(C#N)cnn3c2C)cc1C. The van der Waals surface area contributed by atoms with E-state index in [0.29, 0.717) is 29.3 Å². The van der Waals surface area contributed by atoms with E-state index in [9.17, 15) is 14.9 Å². The van der Waals surface area contributed by atoms with Gasteiger partial charge in [0.05, 0.1) is 12.1 Å². The first-order chi connectivity index (χ1) is 15.8. The number of aromatic nitrogens is 3. The largest absolute Gasteiger partial charge is 0.324 e. The second-order valence-corrected chi connectivity index (χ2v) is 9.33. The number of rotatable bonds is 5. The highest BCUT2D eigenvalue weighted by molar-refractivity contribution is 7.99. The Kier molecular flexibility index (Phi) is 6.38. The quantitative estimate of drug-likeness (QED) is 0.624. The second kappa shape index (κ2) is 9.24. The van der Waals surface area contributed by atoms with Crippen molar-refractivity contribution in [2.75, 3.05) is 16.9 Å². The van der Waals surface area contributed by atoms with Crippen LogP contribution in [0.4, 0.5) is 5.69 Å². The van der Waals surface area contributed by atoms with Crippen molar-refractivity contribution in [2.45, 2.75) is 46.6 Å². The van der Waals surface area contributed by atoms with Gasteiger partial charge in [-0.1, -0.05) is 6.07 Å². The van der Waals surface area contributed by atoms with Crippen molar-refractivity contribution >= 4 is 34.9 Å². The van der Waals surface area contributed by atoms with E-state index >= 15 is 0 Å². The van der Waals surface area contributed by atoms with Crippen molar-refractivity contribution in [1.29, 1.82) is 5.26 Å². The van der Waals surface area contributed by atoms with E-state index in [0.717, 1.165) is 28.2 Å². The van der Waals surface area contributed by atoms with Crippen LogP contribution in [-0.2, 0) is 16.0 Å². The van der Waals surface area contributed by atoms with Gasteiger partial charge in [-0.25, -0.2) is 9.50 Å². The molecule has 2 aromatic heterocycles. The Morgan fingerprint density at radius 3 is 2.76 bits per heavy atom. The Labute approximate surface area is 197 Å². The van der Waals surface area contributed by atoms with Gasteiger partial charge in [0.25, 0.3) is 0 Å². The van der Waals surface area contributed by atoms with Crippen molar-refractivity contribution in [3.05, 3.63) is 58.0 Å². The van der Waals surface area contributed by atoms with Crippen LogP contribution in [-0.4, -0.2) is 49.0 Å². The molecule has 1 saturated heterocycles. The highest BCUT2D eigenvalue weighted by Crippen LogP contribution is 2.25. The molecule has 1 atom stereocenters. The van der Waals surface area contributed by atoms with Gasteiger partial charge >= 0.3 is 0 Å². The molecule has 3 aromatic rings. The smallest absolute Gasteiger partial charge is 0.248 e. The molecule has 3 heterocycles. The zero-order chi connectivity index (χ0) is 23.7. The number of nitrogens with zero attached hydrogens (tertiary/aromatic N) is 5. The molecule has 1 aliphatic rings. The molecule has 1 aromatic carbocycles. The number of amides is 2. The van der Waals surface area contributed by atoms with E-state index in [1.807, 2.05) is 45.9 Å². The van der Waals surface area contributed by atoms with Crippen molar-refractivity contribution in [2.24, 2.45) is 0 Å². The monoisotopic (exact) mass is 462 g/mol. The molecule has 1 unspecified atom stereocenters. The zero-order valence-electron chi connectivity index (χ0n) is 19.2. The number of hydrogen-bond acceptors (Lipinski definition) is 6. The topological polar surface area (TPSA) is 103 Å². The maximum absolute atomic E-state index is 13.1. The van der Waals surface area contributed by atoms with Gasteiger partial charge in [-0.3, -0.25) is 9.59 Å². The van der Waals surface area contributed by atoms with Crippen molar-refractivity contribution in [1.82, 2.24) is 19.5 Å². The molecule has 0 spiro atoms. The highest BCUT2D eigenvalue weighted by Gasteiger charge is 2.34. The minimum Gasteiger partial charge on any atom is -0.324 e. The third-order valence-corrected chi connectivity index (χ3v) is 7.21. The molecule has 4 rings (SSSR count). The Morgan fingerprint density at radius 1 is 1.24 bits per heavy atom. The molecule has 170 valence electrons. The Hall–Kier alpha value is -3.38. The predicted molar refractivity (Wildman–Crippen MR) is 128 cm³/mol. The number of nitrogens with one attached hydrogen (secondary N) is 1. The maximum atomic E-state index is 13.1. The fraction of sp³-hybridized carbons (Fsp3) is 0.375. The summed E-state index contributed by atoms with van der Waals surface area (Å²) in [5.41, 5.74) is 6.56. The number of benzene rings is 1. The van der Waals surface area contributed by atoms with Gasteiger partial charge in [0.15, 0.2) is 5.65 Å². The van der Waals surface area contributed by atoms with E-state index in [1.165, 1.54) is 11.8 Å². The summed E-state index contributed by atoms with van der Waals surface area (Å²) in [4.78, 5) is 32.2. The average Bonchev–Trinajstić information content (AvgIpc) is 3.43. The summed E-state index contributed by atoms with van der Waals surface area (Å²) in [6, 6.07) is 7.42. The van der Waals surface area contributed by atoms with Gasteiger partial charge in [0, 0.05) is 29.2 Å². The van der Waals surface area contributed by atoms with Crippen LogP contribution in [0, 0.1) is 39.0 Å². The third-order valence-electron chi connectivity index (χ3n) is 6.20. The predicted octanol–water partition coefficient (Wildman–Crippen LogP) is 3.31. The minimum absolute atomic E-state index is 0.0580. The number of aryl methyl sites for hydroxylation is 4. The number of nitriles is 1. The van der Waals surface area contributed by atoms with Crippen LogP contribution < -0.4 is 5.32 Å². The number of hydrogen-bond donors (Lipinski definition) is 1. The van der Waals surface area contributed by atoms with Gasteiger partial charge in [-0.05, 0) is 62.9 Å². The molecule has 2 amide bonds. The molecular formula is C24H26N6O2S. The molecule has 0 aliphatic carbocycles. The molecular weight excluding hydrogens is 436 g/mol. The number of thioether (sulfide) groups is 1. The average molecular weight is 463 g/mol. The first kappa shape index (κ1) is 22.8. The lowest BCUT2D eigenvalue weighted by Gasteiger charge is -2.23. The van der Waals surface area contributed by atoms with Crippen LogP contribution in [0.3, 0.4) is 0 Å². The molecule has 1 aliphatic heterocycles. The third kappa shape index (κ3) is 4.44. The lowest BCUT2D eigenvalue weighted by molar-refractivity contribution is -0.136. The van der Waals surface area contributed by atoms with Gasteiger partial charge in [-0.15, -0.1) is 11.8 Å². The van der Waals surface area contributed by atoms with Crippen LogP contribution in [0.5, 0.6) is 0 Å². The van der Waals surface area contributed by atoms with E-state index in [2.05, 4.69) is 21.5 Å². The molecule has 0 radical (unpaired) electrons. The van der Waals surface area contributed by atoms with Crippen LogP contribution in [0.25, 0.3) is 5.65 Å². The molecule has 9 heteroatoms. The molecule has 0 bridgehead atoms. The zero-order valence-corrected chi connectivity index (χ0v) is 20.0. The van der Waals surface area contributed by atoms with Crippen LogP contribution in [0.15, 0.2) is 24.4 Å². The molecule has 1 fully saturated rings. The van der Waals surface area contributed by atoms with Crippen LogP contribution in [0.2, 0.25) is 0 Å². The van der Waals surface area contributed by atoms with Gasteiger partial charge in [0.2, 0.25) is 11.8 Å². The number of carbonyl (C=O) groups is 2. The number of carbonyl (C=O) groups excluding carboxylic acids is 2.